The molecule has 3 N–H and O–H groups in total. The first-order valence-corrected chi connectivity index (χ1v) is 5.24. The van der Waals surface area contributed by atoms with Gasteiger partial charge in [0.25, 0.3) is 5.91 Å². The standard InChI is InChI=1S/C12H14N4O/c1-8-11(7-16(2)15-8)14-12(17)9-5-3-4-6-10(9)13/h3-7H,13H2,1-2H3,(H,14,17). The van der Waals surface area contributed by atoms with Gasteiger partial charge in [0.15, 0.2) is 0 Å². The summed E-state index contributed by atoms with van der Waals surface area (Å²) in [5.41, 5.74) is 8.14. The van der Waals surface area contributed by atoms with Crippen LogP contribution in [0.25, 0.3) is 0 Å². The number of aryl methyl sites for hydroxylation is 2. The van der Waals surface area contributed by atoms with Crippen LogP contribution in [0, 0.1) is 6.92 Å². The van der Waals surface area contributed by atoms with Crippen molar-refractivity contribution in [2.24, 2.45) is 7.05 Å². The highest BCUT2D eigenvalue weighted by Crippen LogP contribution is 2.16. The molecule has 1 aromatic heterocycles. The van der Waals surface area contributed by atoms with Crippen molar-refractivity contribution in [1.29, 1.82) is 0 Å². The Labute approximate surface area is 99.2 Å². The lowest BCUT2D eigenvalue weighted by Gasteiger charge is -2.05. The summed E-state index contributed by atoms with van der Waals surface area (Å²) in [6.45, 7) is 1.84. The van der Waals surface area contributed by atoms with Crippen LogP contribution < -0.4 is 11.1 Å². The van der Waals surface area contributed by atoms with E-state index in [1.807, 2.05) is 6.92 Å². The number of anilines is 2. The highest BCUT2D eigenvalue weighted by molar-refractivity contribution is 6.07. The summed E-state index contributed by atoms with van der Waals surface area (Å²) in [7, 11) is 1.81. The molecule has 0 aliphatic carbocycles. The van der Waals surface area contributed by atoms with E-state index >= 15 is 0 Å². The largest absolute Gasteiger partial charge is 0.398 e. The molecular weight excluding hydrogens is 216 g/mol. The molecule has 0 saturated carbocycles. The van der Waals surface area contributed by atoms with Crippen LogP contribution in [0.1, 0.15) is 16.1 Å². The number of amides is 1. The molecule has 88 valence electrons. The highest BCUT2D eigenvalue weighted by Gasteiger charge is 2.11. The average Bonchev–Trinajstić information content (AvgIpc) is 2.58. The van der Waals surface area contributed by atoms with Gasteiger partial charge in [-0.15, -0.1) is 0 Å². The van der Waals surface area contributed by atoms with Gasteiger partial charge in [0.2, 0.25) is 0 Å². The highest BCUT2D eigenvalue weighted by atomic mass is 16.1. The summed E-state index contributed by atoms with van der Waals surface area (Å²) in [6, 6.07) is 6.96. The molecule has 0 unspecified atom stereocenters. The van der Waals surface area contributed by atoms with Crippen LogP contribution in [0.5, 0.6) is 0 Å². The summed E-state index contributed by atoms with van der Waals surface area (Å²) in [6.07, 6.45) is 1.76. The maximum Gasteiger partial charge on any atom is 0.257 e. The third-order valence-corrected chi connectivity index (χ3v) is 2.47. The Hall–Kier alpha value is -2.30. The van der Waals surface area contributed by atoms with E-state index < -0.39 is 0 Å². The van der Waals surface area contributed by atoms with E-state index in [0.717, 1.165) is 5.69 Å². The van der Waals surface area contributed by atoms with Crippen LogP contribution in [0.4, 0.5) is 11.4 Å². The number of para-hydroxylation sites is 1. The van der Waals surface area contributed by atoms with Crippen molar-refractivity contribution in [1.82, 2.24) is 9.78 Å². The number of nitrogens with one attached hydrogen (secondary N) is 1. The fraction of sp³-hybridized carbons (Fsp3) is 0.167. The number of hydrogen-bond acceptors (Lipinski definition) is 3. The summed E-state index contributed by atoms with van der Waals surface area (Å²) >= 11 is 0. The van der Waals surface area contributed by atoms with Crippen molar-refractivity contribution in [3.63, 3.8) is 0 Å². The van der Waals surface area contributed by atoms with E-state index in [1.54, 1.807) is 42.2 Å². The number of nitrogen functional groups attached to an aromatic ring is 1. The van der Waals surface area contributed by atoms with Gasteiger partial charge in [-0.1, -0.05) is 12.1 Å². The normalized spacial score (nSPS) is 10.2. The Morgan fingerprint density at radius 1 is 1.41 bits per heavy atom. The summed E-state index contributed by atoms with van der Waals surface area (Å²) in [5, 5.41) is 6.94. The molecule has 0 atom stereocenters. The zero-order valence-electron chi connectivity index (χ0n) is 9.77. The Bertz CT molecular complexity index is 559. The van der Waals surface area contributed by atoms with Crippen LogP contribution in [0.3, 0.4) is 0 Å². The second-order valence-corrected chi connectivity index (χ2v) is 3.84. The first-order valence-electron chi connectivity index (χ1n) is 5.24. The van der Waals surface area contributed by atoms with Gasteiger partial charge in [0.1, 0.15) is 0 Å². The van der Waals surface area contributed by atoms with Crippen molar-refractivity contribution < 1.29 is 4.79 Å². The fourth-order valence-corrected chi connectivity index (χ4v) is 1.62. The smallest absolute Gasteiger partial charge is 0.257 e. The molecule has 0 bridgehead atoms. The monoisotopic (exact) mass is 230 g/mol. The molecule has 5 heteroatoms. The minimum absolute atomic E-state index is 0.223. The molecule has 1 heterocycles. The minimum Gasteiger partial charge on any atom is -0.398 e. The number of nitrogens with two attached hydrogens (primary N) is 1. The molecule has 0 spiro atoms. The molecule has 0 aliphatic heterocycles. The lowest BCUT2D eigenvalue weighted by molar-refractivity contribution is 0.102. The van der Waals surface area contributed by atoms with Gasteiger partial charge in [-0.05, 0) is 19.1 Å². The van der Waals surface area contributed by atoms with Gasteiger partial charge < -0.3 is 11.1 Å². The second kappa shape index (κ2) is 4.29. The molecule has 1 aromatic carbocycles. The van der Waals surface area contributed by atoms with Gasteiger partial charge in [-0.25, -0.2) is 0 Å². The SMILES string of the molecule is Cc1nn(C)cc1NC(=O)c1ccccc1N. The van der Waals surface area contributed by atoms with E-state index in [9.17, 15) is 4.79 Å². The van der Waals surface area contributed by atoms with E-state index in [1.165, 1.54) is 0 Å². The van der Waals surface area contributed by atoms with E-state index in [0.29, 0.717) is 16.9 Å². The number of hydrogen-bond donors (Lipinski definition) is 2. The van der Waals surface area contributed by atoms with Crippen LogP contribution >= 0.6 is 0 Å². The van der Waals surface area contributed by atoms with E-state index in [4.69, 9.17) is 5.73 Å². The summed E-state index contributed by atoms with van der Waals surface area (Å²) < 4.78 is 1.65. The van der Waals surface area contributed by atoms with Gasteiger partial charge >= 0.3 is 0 Å². The number of aromatic nitrogens is 2. The molecule has 0 saturated heterocycles. The second-order valence-electron chi connectivity index (χ2n) is 3.84. The zero-order valence-corrected chi connectivity index (χ0v) is 9.77. The van der Waals surface area contributed by atoms with Gasteiger partial charge in [0, 0.05) is 18.9 Å². The van der Waals surface area contributed by atoms with Gasteiger partial charge in [-0.2, -0.15) is 5.10 Å². The molecule has 2 rings (SSSR count). The van der Waals surface area contributed by atoms with Crippen LogP contribution in [-0.4, -0.2) is 15.7 Å². The molecule has 2 aromatic rings. The van der Waals surface area contributed by atoms with Crippen molar-refractivity contribution in [3.05, 3.63) is 41.7 Å². The average molecular weight is 230 g/mol. The minimum atomic E-state index is -0.223. The van der Waals surface area contributed by atoms with Crippen molar-refractivity contribution in [3.8, 4) is 0 Å². The lowest BCUT2D eigenvalue weighted by atomic mass is 10.1. The van der Waals surface area contributed by atoms with Crippen molar-refractivity contribution >= 4 is 17.3 Å². The number of nitrogens with zero attached hydrogens (tertiary/aromatic N) is 2. The number of rotatable bonds is 2. The predicted octanol–water partition coefficient (Wildman–Crippen LogP) is 1.56. The van der Waals surface area contributed by atoms with Gasteiger partial charge in [0.05, 0.1) is 16.9 Å². The molecule has 0 aliphatic rings. The molecule has 0 fully saturated rings. The maximum absolute atomic E-state index is 12.0. The van der Waals surface area contributed by atoms with E-state index in [2.05, 4.69) is 10.4 Å². The number of carbonyl (C=O) groups excluding carboxylic acids is 1. The Kier molecular flexibility index (Phi) is 2.82. The molecule has 1 amide bonds. The predicted molar refractivity (Wildman–Crippen MR) is 66.8 cm³/mol. The zero-order chi connectivity index (χ0) is 12.4. The summed E-state index contributed by atoms with van der Waals surface area (Å²) in [4.78, 5) is 12.0. The number of benzene rings is 1. The van der Waals surface area contributed by atoms with Crippen LogP contribution in [-0.2, 0) is 7.05 Å². The fourth-order valence-electron chi connectivity index (χ4n) is 1.62. The van der Waals surface area contributed by atoms with Crippen LogP contribution in [0.15, 0.2) is 30.5 Å². The van der Waals surface area contributed by atoms with Crippen molar-refractivity contribution in [2.45, 2.75) is 6.92 Å². The Morgan fingerprint density at radius 3 is 2.71 bits per heavy atom. The topological polar surface area (TPSA) is 72.9 Å². The molecule has 0 radical (unpaired) electrons. The molecular formula is C12H14N4O. The van der Waals surface area contributed by atoms with E-state index in [-0.39, 0.29) is 5.91 Å². The molecule has 5 nitrogen and oxygen atoms in total. The van der Waals surface area contributed by atoms with Gasteiger partial charge in [-0.3, -0.25) is 9.48 Å². The Balaban J connectivity index is 2.23. The first kappa shape index (κ1) is 11.2. The van der Waals surface area contributed by atoms with Crippen molar-refractivity contribution in [2.75, 3.05) is 11.1 Å². The number of carbonyl (C=O) groups is 1. The van der Waals surface area contributed by atoms with Crippen LogP contribution in [0.2, 0.25) is 0 Å². The third kappa shape index (κ3) is 2.28. The maximum atomic E-state index is 12.0. The quantitative estimate of drug-likeness (QED) is 0.769. The first-order chi connectivity index (χ1) is 8.08. The Morgan fingerprint density at radius 2 is 2.12 bits per heavy atom. The third-order valence-electron chi connectivity index (χ3n) is 2.47. The lowest BCUT2D eigenvalue weighted by Crippen LogP contribution is -2.14. The summed E-state index contributed by atoms with van der Waals surface area (Å²) in [5.74, 6) is -0.223. The molecule has 17 heavy (non-hydrogen) atoms.